The first kappa shape index (κ1) is 13.1. The lowest BCUT2D eigenvalue weighted by Gasteiger charge is -2.34. The quantitative estimate of drug-likeness (QED) is 0.846. The number of imidazole rings is 1. The molecule has 1 saturated heterocycles. The number of thiazole rings is 1. The highest BCUT2D eigenvalue weighted by atomic mass is 32.1. The summed E-state index contributed by atoms with van der Waals surface area (Å²) in [5.74, 6) is 0.220. The molecule has 3 rings (SSSR count). The molecule has 0 N–H and O–H groups in total. The maximum Gasteiger partial charge on any atom is 0.224 e. The molecule has 2 aromatic rings. The zero-order valence-electron chi connectivity index (χ0n) is 11.2. The molecule has 7 heteroatoms. The van der Waals surface area contributed by atoms with Crippen LogP contribution in [0.25, 0.3) is 0 Å². The van der Waals surface area contributed by atoms with Crippen molar-refractivity contribution in [2.24, 2.45) is 0 Å². The molecule has 106 valence electrons. The van der Waals surface area contributed by atoms with Crippen molar-refractivity contribution in [3.8, 4) is 0 Å². The molecule has 0 bridgehead atoms. The molecule has 1 fully saturated rings. The van der Waals surface area contributed by atoms with E-state index in [0.717, 1.165) is 31.3 Å². The first-order valence-corrected chi connectivity index (χ1v) is 7.59. The van der Waals surface area contributed by atoms with Crippen molar-refractivity contribution in [1.29, 1.82) is 0 Å². The monoisotopic (exact) mass is 291 g/mol. The summed E-state index contributed by atoms with van der Waals surface area (Å²) in [5, 5.41) is 3.04. The van der Waals surface area contributed by atoms with Gasteiger partial charge in [-0.15, -0.1) is 11.3 Å². The van der Waals surface area contributed by atoms with Gasteiger partial charge in [-0.25, -0.2) is 9.97 Å². The van der Waals surface area contributed by atoms with Gasteiger partial charge in [0.15, 0.2) is 5.13 Å². The Kier molecular flexibility index (Phi) is 3.96. The second kappa shape index (κ2) is 6.04. The average Bonchev–Trinajstić information content (AvgIpc) is 3.18. The van der Waals surface area contributed by atoms with Gasteiger partial charge in [0.05, 0.1) is 6.33 Å². The molecule has 6 nitrogen and oxygen atoms in total. The van der Waals surface area contributed by atoms with E-state index in [1.165, 1.54) is 0 Å². The van der Waals surface area contributed by atoms with Gasteiger partial charge in [-0.2, -0.15) is 0 Å². The summed E-state index contributed by atoms with van der Waals surface area (Å²) < 4.78 is 1.93. The van der Waals surface area contributed by atoms with E-state index in [-0.39, 0.29) is 5.91 Å². The lowest BCUT2D eigenvalue weighted by molar-refractivity contribution is -0.131. The number of amides is 1. The highest BCUT2D eigenvalue weighted by molar-refractivity contribution is 7.13. The van der Waals surface area contributed by atoms with Crippen LogP contribution in [0.5, 0.6) is 0 Å². The molecule has 0 radical (unpaired) electrons. The highest BCUT2D eigenvalue weighted by Gasteiger charge is 2.21. The molecule has 1 aliphatic heterocycles. The van der Waals surface area contributed by atoms with Gasteiger partial charge in [0.2, 0.25) is 5.91 Å². The number of aryl methyl sites for hydroxylation is 1. The summed E-state index contributed by atoms with van der Waals surface area (Å²) in [5.41, 5.74) is 0. The number of piperazine rings is 1. The second-order valence-electron chi connectivity index (χ2n) is 4.73. The van der Waals surface area contributed by atoms with Crippen LogP contribution < -0.4 is 4.90 Å². The minimum atomic E-state index is 0.220. The van der Waals surface area contributed by atoms with E-state index in [1.807, 2.05) is 27.2 Å². The smallest absolute Gasteiger partial charge is 0.224 e. The fraction of sp³-hybridized carbons (Fsp3) is 0.462. The molecular formula is C13H17N5OS. The third-order valence-electron chi connectivity index (χ3n) is 3.47. The van der Waals surface area contributed by atoms with Crippen molar-refractivity contribution in [3.05, 3.63) is 30.3 Å². The van der Waals surface area contributed by atoms with E-state index in [0.29, 0.717) is 13.0 Å². The van der Waals surface area contributed by atoms with Gasteiger partial charge in [0.1, 0.15) is 0 Å². The SMILES string of the molecule is O=C(CCn1ccnc1)N1CCN(c2nccs2)CC1. The molecule has 0 aromatic carbocycles. The molecule has 3 heterocycles. The molecular weight excluding hydrogens is 274 g/mol. The van der Waals surface area contributed by atoms with E-state index in [2.05, 4.69) is 14.9 Å². The van der Waals surface area contributed by atoms with Crippen LogP contribution in [0, 0.1) is 0 Å². The molecule has 0 unspecified atom stereocenters. The highest BCUT2D eigenvalue weighted by Crippen LogP contribution is 2.19. The fourth-order valence-electron chi connectivity index (χ4n) is 2.32. The van der Waals surface area contributed by atoms with Crippen LogP contribution >= 0.6 is 11.3 Å². The molecule has 1 aliphatic rings. The number of nitrogens with zero attached hydrogens (tertiary/aromatic N) is 5. The van der Waals surface area contributed by atoms with Crippen molar-refractivity contribution < 1.29 is 4.79 Å². The summed E-state index contributed by atoms with van der Waals surface area (Å²) in [4.78, 5) is 24.6. The normalized spacial score (nSPS) is 15.6. The average molecular weight is 291 g/mol. The van der Waals surface area contributed by atoms with Crippen LogP contribution in [0.2, 0.25) is 0 Å². The van der Waals surface area contributed by atoms with Gasteiger partial charge in [-0.1, -0.05) is 0 Å². The Morgan fingerprint density at radius 3 is 2.75 bits per heavy atom. The number of aromatic nitrogens is 3. The van der Waals surface area contributed by atoms with Crippen LogP contribution in [0.15, 0.2) is 30.3 Å². The molecule has 2 aromatic heterocycles. The van der Waals surface area contributed by atoms with Gasteiger partial charge in [-0.05, 0) is 0 Å². The van der Waals surface area contributed by atoms with Crippen molar-refractivity contribution in [1.82, 2.24) is 19.4 Å². The Hall–Kier alpha value is -1.89. The summed E-state index contributed by atoms with van der Waals surface area (Å²) in [7, 11) is 0. The molecule has 0 spiro atoms. The number of rotatable bonds is 4. The van der Waals surface area contributed by atoms with Gasteiger partial charge < -0.3 is 14.4 Å². The first-order valence-electron chi connectivity index (χ1n) is 6.71. The second-order valence-corrected chi connectivity index (χ2v) is 5.61. The Bertz CT molecular complexity index is 531. The predicted octanol–water partition coefficient (Wildman–Crippen LogP) is 1.08. The van der Waals surface area contributed by atoms with Gasteiger partial charge in [-0.3, -0.25) is 4.79 Å². The van der Waals surface area contributed by atoms with E-state index in [1.54, 1.807) is 23.9 Å². The van der Waals surface area contributed by atoms with Crippen molar-refractivity contribution in [3.63, 3.8) is 0 Å². The minimum Gasteiger partial charge on any atom is -0.345 e. The maximum absolute atomic E-state index is 12.1. The summed E-state index contributed by atoms with van der Waals surface area (Å²) in [6.45, 7) is 3.99. The van der Waals surface area contributed by atoms with Gasteiger partial charge >= 0.3 is 0 Å². The largest absolute Gasteiger partial charge is 0.345 e. The zero-order valence-corrected chi connectivity index (χ0v) is 12.0. The van der Waals surface area contributed by atoms with Crippen LogP contribution in [0.1, 0.15) is 6.42 Å². The Morgan fingerprint density at radius 2 is 2.10 bits per heavy atom. The molecule has 1 amide bonds. The predicted molar refractivity (Wildman–Crippen MR) is 77.8 cm³/mol. The Balaban J connectivity index is 1.46. The minimum absolute atomic E-state index is 0.220. The van der Waals surface area contributed by atoms with E-state index in [9.17, 15) is 4.79 Å². The van der Waals surface area contributed by atoms with Crippen LogP contribution in [-0.2, 0) is 11.3 Å². The third kappa shape index (κ3) is 2.98. The van der Waals surface area contributed by atoms with Crippen molar-refractivity contribution in [2.45, 2.75) is 13.0 Å². The first-order chi connectivity index (χ1) is 9.83. The van der Waals surface area contributed by atoms with Crippen molar-refractivity contribution >= 4 is 22.4 Å². The zero-order chi connectivity index (χ0) is 13.8. The number of hydrogen-bond donors (Lipinski definition) is 0. The number of carbonyl (C=O) groups is 1. The topological polar surface area (TPSA) is 54.3 Å². The lowest BCUT2D eigenvalue weighted by atomic mass is 10.3. The van der Waals surface area contributed by atoms with Gasteiger partial charge in [0, 0.05) is 63.1 Å². The van der Waals surface area contributed by atoms with Crippen molar-refractivity contribution in [2.75, 3.05) is 31.1 Å². The van der Waals surface area contributed by atoms with E-state index in [4.69, 9.17) is 0 Å². The lowest BCUT2D eigenvalue weighted by Crippen LogP contribution is -2.48. The summed E-state index contributed by atoms with van der Waals surface area (Å²) in [6.07, 6.45) is 7.72. The summed E-state index contributed by atoms with van der Waals surface area (Å²) in [6, 6.07) is 0. The van der Waals surface area contributed by atoms with E-state index < -0.39 is 0 Å². The molecule has 20 heavy (non-hydrogen) atoms. The Morgan fingerprint density at radius 1 is 1.25 bits per heavy atom. The maximum atomic E-state index is 12.1. The van der Waals surface area contributed by atoms with Gasteiger partial charge in [0.25, 0.3) is 0 Å². The summed E-state index contributed by atoms with van der Waals surface area (Å²) >= 11 is 1.65. The number of carbonyl (C=O) groups excluding carboxylic acids is 1. The van der Waals surface area contributed by atoms with E-state index >= 15 is 0 Å². The van der Waals surface area contributed by atoms with Crippen LogP contribution in [0.3, 0.4) is 0 Å². The third-order valence-corrected chi connectivity index (χ3v) is 4.30. The number of hydrogen-bond acceptors (Lipinski definition) is 5. The standard InChI is InChI=1S/C13H17N5OS/c19-12(1-4-16-5-2-14-11-16)17-6-8-18(9-7-17)13-15-3-10-20-13/h2-3,5,10-11H,1,4,6-9H2. The number of anilines is 1. The van der Waals surface area contributed by atoms with Crippen LogP contribution in [-0.4, -0.2) is 51.5 Å². The fourth-order valence-corrected chi connectivity index (χ4v) is 3.02. The molecule has 0 atom stereocenters. The molecule has 0 saturated carbocycles. The van der Waals surface area contributed by atoms with Crippen LogP contribution in [0.4, 0.5) is 5.13 Å². The molecule has 0 aliphatic carbocycles. The Labute approximate surface area is 121 Å².